The van der Waals surface area contributed by atoms with Crippen LogP contribution in [0.5, 0.6) is 5.75 Å². The second-order valence-electron chi connectivity index (χ2n) is 4.51. The van der Waals surface area contributed by atoms with Gasteiger partial charge in [-0.25, -0.2) is 0 Å². The molecule has 0 bridgehead atoms. The molecule has 88 valence electrons. The highest BCUT2D eigenvalue weighted by atomic mass is 35.5. The van der Waals surface area contributed by atoms with Crippen LogP contribution in [-0.4, -0.2) is 11.3 Å². The molecule has 4 heteroatoms. The molecule has 0 saturated heterocycles. The molecule has 2 nitrogen and oxygen atoms in total. The first-order valence-electron chi connectivity index (χ1n) is 4.91. The molecule has 0 aromatic heterocycles. The Labute approximate surface area is 106 Å². The van der Waals surface area contributed by atoms with Crippen LogP contribution >= 0.6 is 23.2 Å². The van der Waals surface area contributed by atoms with E-state index in [1.54, 1.807) is 45.0 Å². The molecule has 0 aliphatic rings. The molecular weight excluding hydrogens is 247 g/mol. The highest BCUT2D eigenvalue weighted by Gasteiger charge is 2.29. The largest absolute Gasteiger partial charge is 0.467 e. The van der Waals surface area contributed by atoms with Crippen molar-refractivity contribution in [3.63, 3.8) is 0 Å². The molecule has 1 aromatic carbocycles. The maximum Gasteiger partial charge on any atom is 0.230 e. The summed E-state index contributed by atoms with van der Waals surface area (Å²) in [6.07, 6.45) is 0. The molecule has 0 aliphatic carbocycles. The van der Waals surface area contributed by atoms with Crippen LogP contribution in [0.2, 0.25) is 5.02 Å². The molecule has 16 heavy (non-hydrogen) atoms. The van der Waals surface area contributed by atoms with Crippen molar-refractivity contribution in [2.45, 2.75) is 26.3 Å². The molecule has 0 amide bonds. The zero-order chi connectivity index (χ0) is 12.3. The van der Waals surface area contributed by atoms with Gasteiger partial charge < -0.3 is 4.74 Å². The van der Waals surface area contributed by atoms with E-state index in [1.807, 2.05) is 0 Å². The van der Waals surface area contributed by atoms with Gasteiger partial charge in [0.05, 0.1) is 0 Å². The minimum atomic E-state index is -0.988. The maximum atomic E-state index is 11.8. The highest BCUT2D eigenvalue weighted by molar-refractivity contribution is 6.31. The van der Waals surface area contributed by atoms with Crippen LogP contribution in [-0.2, 0) is 4.79 Å². The fraction of sp³-hybridized carbons (Fsp3) is 0.417. The summed E-state index contributed by atoms with van der Waals surface area (Å²) in [4.78, 5) is 11.8. The van der Waals surface area contributed by atoms with Gasteiger partial charge in [-0.15, -0.1) is 0 Å². The minimum Gasteiger partial charge on any atom is -0.467 e. The van der Waals surface area contributed by atoms with Crippen LogP contribution in [0.3, 0.4) is 0 Å². The number of alkyl halides is 1. The lowest BCUT2D eigenvalue weighted by Crippen LogP contribution is -2.32. The predicted molar refractivity (Wildman–Crippen MR) is 66.2 cm³/mol. The molecule has 1 rings (SSSR count). The number of hydrogen-bond donors (Lipinski definition) is 0. The fourth-order valence-corrected chi connectivity index (χ4v) is 1.66. The highest BCUT2D eigenvalue weighted by Crippen LogP contribution is 2.24. The number of hydrogen-bond acceptors (Lipinski definition) is 2. The summed E-state index contributed by atoms with van der Waals surface area (Å²) in [6, 6.07) is 6.79. The lowest BCUT2D eigenvalue weighted by Gasteiger charge is -2.21. The third-order valence-corrected chi connectivity index (χ3v) is 2.50. The van der Waals surface area contributed by atoms with Gasteiger partial charge in [-0.1, -0.05) is 50.0 Å². The first-order chi connectivity index (χ1) is 7.30. The van der Waals surface area contributed by atoms with E-state index in [0.29, 0.717) is 10.8 Å². The molecule has 0 aliphatic heterocycles. The van der Waals surface area contributed by atoms with Crippen molar-refractivity contribution in [1.82, 2.24) is 0 Å². The SMILES string of the molecule is CC(C)(C)C(=O)C(Cl)Oc1cccc(Cl)c1. The normalized spacial score (nSPS) is 13.3. The van der Waals surface area contributed by atoms with E-state index in [2.05, 4.69) is 0 Å². The number of carbonyl (C=O) groups excluding carboxylic acids is 1. The second kappa shape index (κ2) is 5.07. The third kappa shape index (κ3) is 3.69. The number of ketones is 1. The molecule has 0 heterocycles. The van der Waals surface area contributed by atoms with Crippen LogP contribution in [0.15, 0.2) is 24.3 Å². The lowest BCUT2D eigenvalue weighted by atomic mass is 9.91. The zero-order valence-electron chi connectivity index (χ0n) is 9.46. The number of ether oxygens (including phenoxy) is 1. The maximum absolute atomic E-state index is 11.8. The average Bonchev–Trinajstić information content (AvgIpc) is 2.15. The lowest BCUT2D eigenvalue weighted by molar-refractivity contribution is -0.130. The molecule has 1 atom stereocenters. The van der Waals surface area contributed by atoms with E-state index >= 15 is 0 Å². The van der Waals surface area contributed by atoms with Crippen molar-refractivity contribution < 1.29 is 9.53 Å². The van der Waals surface area contributed by atoms with Crippen LogP contribution in [0.4, 0.5) is 0 Å². The first kappa shape index (κ1) is 13.3. The molecular formula is C12H14Cl2O2. The summed E-state index contributed by atoms with van der Waals surface area (Å²) in [7, 11) is 0. The van der Waals surface area contributed by atoms with Crippen molar-refractivity contribution in [2.24, 2.45) is 5.41 Å². The van der Waals surface area contributed by atoms with Crippen molar-refractivity contribution in [2.75, 3.05) is 0 Å². The quantitative estimate of drug-likeness (QED) is 0.771. The molecule has 0 radical (unpaired) electrons. The van der Waals surface area contributed by atoms with Crippen molar-refractivity contribution in [3.05, 3.63) is 29.3 Å². The number of benzene rings is 1. The Morgan fingerprint density at radius 2 is 2.00 bits per heavy atom. The monoisotopic (exact) mass is 260 g/mol. The third-order valence-electron chi connectivity index (χ3n) is 1.98. The predicted octanol–water partition coefficient (Wildman–Crippen LogP) is 3.90. The van der Waals surface area contributed by atoms with E-state index in [4.69, 9.17) is 27.9 Å². The van der Waals surface area contributed by atoms with Gasteiger partial charge in [0.15, 0.2) is 5.78 Å². The Morgan fingerprint density at radius 3 is 2.50 bits per heavy atom. The standard InChI is InChI=1S/C12H14Cl2O2/c1-12(2,3)10(15)11(14)16-9-6-4-5-8(13)7-9/h4-7,11H,1-3H3. The molecule has 0 saturated carbocycles. The fourth-order valence-electron chi connectivity index (χ4n) is 1.05. The summed E-state index contributed by atoms with van der Waals surface area (Å²) in [5, 5.41) is 0.546. The van der Waals surface area contributed by atoms with Gasteiger partial charge >= 0.3 is 0 Å². The number of halogens is 2. The number of Topliss-reactive ketones (excluding diaryl/α,β-unsaturated/α-hetero) is 1. The van der Waals surface area contributed by atoms with E-state index < -0.39 is 11.0 Å². The topological polar surface area (TPSA) is 26.3 Å². The summed E-state index contributed by atoms with van der Waals surface area (Å²) in [5.41, 5.74) is -1.51. The van der Waals surface area contributed by atoms with Gasteiger partial charge in [0.1, 0.15) is 5.75 Å². The first-order valence-corrected chi connectivity index (χ1v) is 5.73. The van der Waals surface area contributed by atoms with Gasteiger partial charge in [-0.05, 0) is 18.2 Å². The summed E-state index contributed by atoms with van der Waals surface area (Å²) in [6.45, 7) is 5.39. The van der Waals surface area contributed by atoms with Crippen LogP contribution < -0.4 is 4.74 Å². The van der Waals surface area contributed by atoms with Crippen molar-refractivity contribution in [1.29, 1.82) is 0 Å². The number of rotatable bonds is 3. The molecule has 0 fully saturated rings. The summed E-state index contributed by atoms with van der Waals surface area (Å²) in [5.74, 6) is 0.333. The Morgan fingerprint density at radius 1 is 1.38 bits per heavy atom. The Hall–Kier alpha value is -0.730. The van der Waals surface area contributed by atoms with Crippen molar-refractivity contribution in [3.8, 4) is 5.75 Å². The zero-order valence-corrected chi connectivity index (χ0v) is 11.0. The van der Waals surface area contributed by atoms with Crippen molar-refractivity contribution >= 4 is 29.0 Å². The van der Waals surface area contributed by atoms with E-state index in [0.717, 1.165) is 0 Å². The summed E-state index contributed by atoms with van der Waals surface area (Å²) >= 11 is 11.7. The Kier molecular flexibility index (Phi) is 4.22. The molecule has 0 N–H and O–H groups in total. The smallest absolute Gasteiger partial charge is 0.230 e. The van der Waals surface area contributed by atoms with Gasteiger partial charge in [0, 0.05) is 10.4 Å². The van der Waals surface area contributed by atoms with Gasteiger partial charge in [0.2, 0.25) is 5.56 Å². The van der Waals surface area contributed by atoms with Crippen LogP contribution in [0.1, 0.15) is 20.8 Å². The van der Waals surface area contributed by atoms with Gasteiger partial charge in [-0.2, -0.15) is 0 Å². The van der Waals surface area contributed by atoms with E-state index in [-0.39, 0.29) is 5.78 Å². The molecule has 1 unspecified atom stereocenters. The van der Waals surface area contributed by atoms with Crippen LogP contribution in [0.25, 0.3) is 0 Å². The van der Waals surface area contributed by atoms with E-state index in [1.165, 1.54) is 0 Å². The van der Waals surface area contributed by atoms with Gasteiger partial charge in [-0.3, -0.25) is 4.79 Å². The second-order valence-corrected chi connectivity index (χ2v) is 5.34. The average molecular weight is 261 g/mol. The Bertz CT molecular complexity index is 383. The Balaban J connectivity index is 2.72. The van der Waals surface area contributed by atoms with E-state index in [9.17, 15) is 4.79 Å². The number of carbonyl (C=O) groups is 1. The molecule has 1 aromatic rings. The molecule has 0 spiro atoms. The summed E-state index contributed by atoms with van der Waals surface area (Å²) < 4.78 is 5.31. The van der Waals surface area contributed by atoms with Gasteiger partial charge in [0.25, 0.3) is 0 Å². The minimum absolute atomic E-state index is 0.158. The van der Waals surface area contributed by atoms with Crippen LogP contribution in [0, 0.1) is 5.41 Å².